The normalized spacial score (nSPS) is 16.5. The minimum atomic E-state index is -0.225. The van der Waals surface area contributed by atoms with Gasteiger partial charge in [-0.1, -0.05) is 60.7 Å². The molecule has 3 rings (SSSR count). The highest BCUT2D eigenvalue weighted by Crippen LogP contribution is 2.26. The highest BCUT2D eigenvalue weighted by atomic mass is 35.5. The molecule has 0 saturated carbocycles. The van der Waals surface area contributed by atoms with Gasteiger partial charge in [0, 0.05) is 18.7 Å². The van der Waals surface area contributed by atoms with Gasteiger partial charge in [-0.15, -0.1) is 12.4 Å². The van der Waals surface area contributed by atoms with Crippen molar-refractivity contribution in [3.8, 4) is 0 Å². The molecule has 3 nitrogen and oxygen atoms in total. The molecule has 0 bridgehead atoms. The lowest BCUT2D eigenvalue weighted by molar-refractivity contribution is 0.0172. The monoisotopic (exact) mass is 317 g/mol. The van der Waals surface area contributed by atoms with Gasteiger partial charge in [-0.05, 0) is 5.56 Å². The van der Waals surface area contributed by atoms with Gasteiger partial charge in [0.2, 0.25) is 0 Å². The van der Waals surface area contributed by atoms with E-state index < -0.39 is 0 Å². The predicted molar refractivity (Wildman–Crippen MR) is 89.6 cm³/mol. The Morgan fingerprint density at radius 3 is 2.05 bits per heavy atom. The van der Waals surface area contributed by atoms with Gasteiger partial charge < -0.3 is 4.74 Å². The second-order valence-corrected chi connectivity index (χ2v) is 5.19. The second-order valence-electron chi connectivity index (χ2n) is 5.19. The number of nitrogens with zero attached hydrogens (tertiary/aromatic N) is 1. The summed E-state index contributed by atoms with van der Waals surface area (Å²) in [6.07, 6.45) is 0. The number of Topliss-reactive ketones (excluding diaryl/α,β-unsaturated/α-hetero) is 1. The third-order valence-corrected chi connectivity index (χ3v) is 3.83. The predicted octanol–water partition coefficient (Wildman–Crippen LogP) is 3.36. The maximum atomic E-state index is 13.0. The SMILES string of the molecule is Cl.O=C(c1ccccc1)C(c1ccccc1)N1CCOCC1. The standard InChI is InChI=1S/C18H19NO2.ClH/c20-18(16-9-5-2-6-10-16)17(15-7-3-1-4-8-15)19-11-13-21-14-12-19;/h1-10,17H,11-14H2;1H. The van der Waals surface area contributed by atoms with Crippen molar-refractivity contribution in [1.82, 2.24) is 4.90 Å². The van der Waals surface area contributed by atoms with E-state index in [0.717, 1.165) is 24.2 Å². The lowest BCUT2D eigenvalue weighted by atomic mass is 9.95. The van der Waals surface area contributed by atoms with Gasteiger partial charge in [-0.25, -0.2) is 0 Å². The van der Waals surface area contributed by atoms with E-state index in [9.17, 15) is 4.79 Å². The number of hydrogen-bond donors (Lipinski definition) is 0. The summed E-state index contributed by atoms with van der Waals surface area (Å²) < 4.78 is 5.42. The number of morpholine rings is 1. The summed E-state index contributed by atoms with van der Waals surface area (Å²) >= 11 is 0. The average molecular weight is 318 g/mol. The lowest BCUT2D eigenvalue weighted by Gasteiger charge is -2.33. The first-order chi connectivity index (χ1) is 10.4. The van der Waals surface area contributed by atoms with E-state index >= 15 is 0 Å². The zero-order valence-corrected chi connectivity index (χ0v) is 13.2. The molecular weight excluding hydrogens is 298 g/mol. The zero-order valence-electron chi connectivity index (χ0n) is 12.4. The number of ether oxygens (including phenoxy) is 1. The fourth-order valence-corrected chi connectivity index (χ4v) is 2.76. The molecule has 1 unspecified atom stereocenters. The molecule has 1 heterocycles. The molecule has 0 aromatic heterocycles. The molecule has 22 heavy (non-hydrogen) atoms. The van der Waals surface area contributed by atoms with Crippen molar-refractivity contribution in [2.75, 3.05) is 26.3 Å². The number of halogens is 1. The van der Waals surface area contributed by atoms with E-state index in [-0.39, 0.29) is 24.2 Å². The fraction of sp³-hybridized carbons (Fsp3) is 0.278. The second kappa shape index (κ2) is 8.08. The largest absolute Gasteiger partial charge is 0.379 e. The van der Waals surface area contributed by atoms with Gasteiger partial charge in [-0.3, -0.25) is 9.69 Å². The third-order valence-electron chi connectivity index (χ3n) is 3.83. The molecule has 0 N–H and O–H groups in total. The summed E-state index contributed by atoms with van der Waals surface area (Å²) in [5, 5.41) is 0. The Bertz CT molecular complexity index is 583. The van der Waals surface area contributed by atoms with Crippen molar-refractivity contribution in [3.63, 3.8) is 0 Å². The van der Waals surface area contributed by atoms with Gasteiger partial charge in [0.15, 0.2) is 5.78 Å². The minimum absolute atomic E-state index is 0. The Morgan fingerprint density at radius 1 is 0.909 bits per heavy atom. The van der Waals surface area contributed by atoms with Crippen LogP contribution in [0.4, 0.5) is 0 Å². The van der Waals surface area contributed by atoms with E-state index in [4.69, 9.17) is 4.74 Å². The van der Waals surface area contributed by atoms with Crippen molar-refractivity contribution in [2.45, 2.75) is 6.04 Å². The molecule has 0 amide bonds. The van der Waals surface area contributed by atoms with Crippen LogP contribution in [0.1, 0.15) is 22.0 Å². The van der Waals surface area contributed by atoms with Crippen LogP contribution >= 0.6 is 12.4 Å². The third kappa shape index (κ3) is 3.74. The summed E-state index contributed by atoms with van der Waals surface area (Å²) in [4.78, 5) is 15.2. The molecule has 0 spiro atoms. The van der Waals surface area contributed by atoms with Crippen molar-refractivity contribution >= 4 is 18.2 Å². The topological polar surface area (TPSA) is 29.5 Å². The number of benzene rings is 2. The Balaban J connectivity index is 0.00000176. The Morgan fingerprint density at radius 2 is 1.45 bits per heavy atom. The van der Waals surface area contributed by atoms with Crippen molar-refractivity contribution < 1.29 is 9.53 Å². The van der Waals surface area contributed by atoms with E-state index in [0.29, 0.717) is 13.2 Å². The van der Waals surface area contributed by atoms with E-state index in [1.165, 1.54) is 0 Å². The first-order valence-corrected chi connectivity index (χ1v) is 7.32. The molecular formula is C18H20ClNO2. The Hall–Kier alpha value is -1.68. The summed E-state index contributed by atoms with van der Waals surface area (Å²) in [5.41, 5.74) is 1.81. The quantitative estimate of drug-likeness (QED) is 0.810. The molecule has 2 aromatic carbocycles. The summed E-state index contributed by atoms with van der Waals surface area (Å²) in [5.74, 6) is 0.156. The van der Waals surface area contributed by atoms with Gasteiger partial charge in [0.05, 0.1) is 19.3 Å². The van der Waals surface area contributed by atoms with Crippen LogP contribution in [0.15, 0.2) is 60.7 Å². The number of hydrogen-bond acceptors (Lipinski definition) is 3. The molecule has 2 aromatic rings. The first kappa shape index (κ1) is 16.7. The number of carbonyl (C=O) groups excluding carboxylic acids is 1. The van der Waals surface area contributed by atoms with Gasteiger partial charge in [0.1, 0.15) is 0 Å². The van der Waals surface area contributed by atoms with Gasteiger partial charge in [-0.2, -0.15) is 0 Å². The zero-order chi connectivity index (χ0) is 14.5. The fourth-order valence-electron chi connectivity index (χ4n) is 2.76. The van der Waals surface area contributed by atoms with Crippen molar-refractivity contribution in [3.05, 3.63) is 71.8 Å². The molecule has 1 fully saturated rings. The number of carbonyl (C=O) groups is 1. The molecule has 1 saturated heterocycles. The van der Waals surface area contributed by atoms with Crippen LogP contribution in [0.25, 0.3) is 0 Å². The molecule has 0 radical (unpaired) electrons. The lowest BCUT2D eigenvalue weighted by Crippen LogP contribution is -2.42. The molecule has 4 heteroatoms. The van der Waals surface area contributed by atoms with Crippen molar-refractivity contribution in [2.24, 2.45) is 0 Å². The highest BCUT2D eigenvalue weighted by molar-refractivity contribution is 6.00. The van der Waals surface area contributed by atoms with E-state index in [1.54, 1.807) is 0 Å². The van der Waals surface area contributed by atoms with Crippen LogP contribution in [0, 0.1) is 0 Å². The molecule has 1 aliphatic rings. The van der Waals surface area contributed by atoms with Crippen molar-refractivity contribution in [1.29, 1.82) is 0 Å². The van der Waals surface area contributed by atoms with E-state index in [2.05, 4.69) is 4.90 Å². The highest BCUT2D eigenvalue weighted by Gasteiger charge is 2.29. The van der Waals surface area contributed by atoms with Crippen LogP contribution in [0.5, 0.6) is 0 Å². The van der Waals surface area contributed by atoms with Crippen LogP contribution in [0.2, 0.25) is 0 Å². The molecule has 1 atom stereocenters. The van der Waals surface area contributed by atoms with E-state index in [1.807, 2.05) is 60.7 Å². The molecule has 116 valence electrons. The number of ketones is 1. The molecule has 0 aliphatic carbocycles. The summed E-state index contributed by atoms with van der Waals surface area (Å²) in [6, 6.07) is 19.3. The van der Waals surface area contributed by atoms with Crippen LogP contribution in [-0.4, -0.2) is 37.0 Å². The Kier molecular flexibility index (Phi) is 6.13. The minimum Gasteiger partial charge on any atom is -0.379 e. The number of rotatable bonds is 4. The Labute approximate surface area is 137 Å². The van der Waals surface area contributed by atoms with Crippen LogP contribution in [0.3, 0.4) is 0 Å². The summed E-state index contributed by atoms with van der Waals surface area (Å²) in [7, 11) is 0. The molecule has 1 aliphatic heterocycles. The maximum absolute atomic E-state index is 13.0. The maximum Gasteiger partial charge on any atom is 0.184 e. The summed E-state index contributed by atoms with van der Waals surface area (Å²) in [6.45, 7) is 2.95. The first-order valence-electron chi connectivity index (χ1n) is 7.32. The smallest absolute Gasteiger partial charge is 0.184 e. The average Bonchev–Trinajstić information content (AvgIpc) is 2.58. The van der Waals surface area contributed by atoms with Gasteiger partial charge >= 0.3 is 0 Å². The van der Waals surface area contributed by atoms with Crippen LogP contribution in [-0.2, 0) is 4.74 Å². The van der Waals surface area contributed by atoms with Crippen LogP contribution < -0.4 is 0 Å². The van der Waals surface area contributed by atoms with Gasteiger partial charge in [0.25, 0.3) is 0 Å².